The third-order valence-corrected chi connectivity index (χ3v) is 3.80. The molecule has 0 amide bonds. The fourth-order valence-electron chi connectivity index (χ4n) is 2.75. The SMILES string of the molecule is CCC1CC(NCC(F)F)CN(c2ccccc2)C1. The van der Waals surface area contributed by atoms with Crippen molar-refractivity contribution in [1.82, 2.24) is 5.32 Å². The summed E-state index contributed by atoms with van der Waals surface area (Å²) in [5.41, 5.74) is 1.18. The lowest BCUT2D eigenvalue weighted by Gasteiger charge is -2.39. The fourth-order valence-corrected chi connectivity index (χ4v) is 2.75. The number of hydrogen-bond acceptors (Lipinski definition) is 2. The van der Waals surface area contributed by atoms with Crippen molar-refractivity contribution >= 4 is 5.69 Å². The third-order valence-electron chi connectivity index (χ3n) is 3.80. The minimum atomic E-state index is -2.27. The fraction of sp³-hybridized carbons (Fsp3) is 0.600. The highest BCUT2D eigenvalue weighted by molar-refractivity contribution is 5.46. The standard InChI is InChI=1S/C15H22F2N2/c1-2-12-8-13(18-9-15(16)17)11-19(10-12)14-6-4-3-5-7-14/h3-7,12-13,15,18H,2,8-11H2,1H3. The summed E-state index contributed by atoms with van der Waals surface area (Å²) < 4.78 is 24.6. The van der Waals surface area contributed by atoms with E-state index in [0.717, 1.165) is 25.9 Å². The van der Waals surface area contributed by atoms with Gasteiger partial charge < -0.3 is 10.2 Å². The van der Waals surface area contributed by atoms with Crippen molar-refractivity contribution in [3.63, 3.8) is 0 Å². The van der Waals surface area contributed by atoms with E-state index in [4.69, 9.17) is 0 Å². The zero-order valence-electron chi connectivity index (χ0n) is 11.4. The lowest BCUT2D eigenvalue weighted by atomic mass is 9.91. The first-order valence-corrected chi connectivity index (χ1v) is 7.00. The topological polar surface area (TPSA) is 15.3 Å². The Morgan fingerprint density at radius 2 is 2.00 bits per heavy atom. The van der Waals surface area contributed by atoms with Gasteiger partial charge in [-0.15, -0.1) is 0 Å². The Balaban J connectivity index is 2.00. The maximum atomic E-state index is 12.3. The molecule has 1 N–H and O–H groups in total. The van der Waals surface area contributed by atoms with E-state index in [2.05, 4.69) is 29.3 Å². The molecule has 0 aromatic heterocycles. The molecule has 2 atom stereocenters. The van der Waals surface area contributed by atoms with Crippen LogP contribution in [0.2, 0.25) is 0 Å². The van der Waals surface area contributed by atoms with Crippen molar-refractivity contribution in [1.29, 1.82) is 0 Å². The van der Waals surface area contributed by atoms with Crippen LogP contribution in [-0.4, -0.2) is 32.1 Å². The average molecular weight is 268 g/mol. The van der Waals surface area contributed by atoms with Gasteiger partial charge in [-0.3, -0.25) is 0 Å². The van der Waals surface area contributed by atoms with E-state index in [1.54, 1.807) is 0 Å². The number of alkyl halides is 2. The van der Waals surface area contributed by atoms with Gasteiger partial charge in [-0.05, 0) is 24.5 Å². The van der Waals surface area contributed by atoms with E-state index in [-0.39, 0.29) is 12.6 Å². The monoisotopic (exact) mass is 268 g/mol. The van der Waals surface area contributed by atoms with E-state index in [9.17, 15) is 8.78 Å². The molecule has 1 saturated heterocycles. The van der Waals surface area contributed by atoms with E-state index in [0.29, 0.717) is 5.92 Å². The number of anilines is 1. The second-order valence-corrected chi connectivity index (χ2v) is 5.25. The Labute approximate surface area is 113 Å². The summed E-state index contributed by atoms with van der Waals surface area (Å²) in [5, 5.41) is 2.99. The van der Waals surface area contributed by atoms with Crippen LogP contribution >= 0.6 is 0 Å². The summed E-state index contributed by atoms with van der Waals surface area (Å²) in [6, 6.07) is 10.4. The quantitative estimate of drug-likeness (QED) is 0.882. The van der Waals surface area contributed by atoms with Gasteiger partial charge >= 0.3 is 0 Å². The molecule has 1 heterocycles. The minimum absolute atomic E-state index is 0.160. The number of rotatable bonds is 5. The van der Waals surface area contributed by atoms with E-state index < -0.39 is 6.43 Å². The van der Waals surface area contributed by atoms with Gasteiger partial charge in [0.25, 0.3) is 6.43 Å². The van der Waals surface area contributed by atoms with Crippen molar-refractivity contribution in [2.75, 3.05) is 24.5 Å². The van der Waals surface area contributed by atoms with Crippen LogP contribution in [0.4, 0.5) is 14.5 Å². The molecule has 1 aliphatic rings. The van der Waals surface area contributed by atoms with Crippen LogP contribution in [0.1, 0.15) is 19.8 Å². The maximum absolute atomic E-state index is 12.3. The van der Waals surface area contributed by atoms with Crippen molar-refractivity contribution in [3.8, 4) is 0 Å². The first kappa shape index (κ1) is 14.3. The molecule has 0 spiro atoms. The van der Waals surface area contributed by atoms with Gasteiger partial charge in [-0.25, -0.2) is 8.78 Å². The molecule has 2 nitrogen and oxygen atoms in total. The Hall–Kier alpha value is -1.16. The van der Waals surface area contributed by atoms with Crippen LogP contribution in [0.15, 0.2) is 30.3 Å². The van der Waals surface area contributed by atoms with E-state index >= 15 is 0 Å². The van der Waals surface area contributed by atoms with Crippen LogP contribution in [0.5, 0.6) is 0 Å². The number of nitrogens with one attached hydrogen (secondary N) is 1. The molecule has 0 saturated carbocycles. The zero-order valence-corrected chi connectivity index (χ0v) is 11.4. The summed E-state index contributed by atoms with van der Waals surface area (Å²) in [4.78, 5) is 2.31. The van der Waals surface area contributed by atoms with Gasteiger partial charge in [-0.1, -0.05) is 31.5 Å². The highest BCUT2D eigenvalue weighted by Crippen LogP contribution is 2.25. The number of hydrogen-bond donors (Lipinski definition) is 1. The summed E-state index contributed by atoms with van der Waals surface area (Å²) in [5.74, 6) is 0.573. The summed E-state index contributed by atoms with van der Waals surface area (Å²) in [7, 11) is 0. The molecule has 1 aliphatic heterocycles. The van der Waals surface area contributed by atoms with Crippen LogP contribution in [0.25, 0.3) is 0 Å². The van der Waals surface area contributed by atoms with Crippen LogP contribution < -0.4 is 10.2 Å². The molecular formula is C15H22F2N2. The largest absolute Gasteiger partial charge is 0.370 e. The van der Waals surface area contributed by atoms with Gasteiger partial charge in [0.05, 0.1) is 6.54 Å². The van der Waals surface area contributed by atoms with Crippen LogP contribution in [0, 0.1) is 5.92 Å². The molecule has 0 aliphatic carbocycles. The maximum Gasteiger partial charge on any atom is 0.250 e. The molecule has 0 radical (unpaired) electrons. The predicted octanol–water partition coefficient (Wildman–Crippen LogP) is 3.15. The molecule has 1 fully saturated rings. The zero-order chi connectivity index (χ0) is 13.7. The molecule has 1 aromatic carbocycles. The van der Waals surface area contributed by atoms with Crippen molar-refractivity contribution in [2.24, 2.45) is 5.92 Å². The molecule has 2 rings (SSSR count). The number of benzene rings is 1. The molecule has 1 aromatic rings. The molecule has 106 valence electrons. The third kappa shape index (κ3) is 4.16. The molecule has 0 bridgehead atoms. The van der Waals surface area contributed by atoms with Gasteiger partial charge in [0.15, 0.2) is 0 Å². The van der Waals surface area contributed by atoms with Gasteiger partial charge in [0, 0.05) is 24.8 Å². The normalized spacial score (nSPS) is 23.9. The second-order valence-electron chi connectivity index (χ2n) is 5.25. The van der Waals surface area contributed by atoms with Crippen LogP contribution in [0.3, 0.4) is 0 Å². The number of para-hydroxylation sites is 1. The Bertz CT molecular complexity index is 370. The lowest BCUT2D eigenvalue weighted by Crippen LogP contribution is -2.50. The Morgan fingerprint density at radius 3 is 2.63 bits per heavy atom. The Morgan fingerprint density at radius 1 is 1.26 bits per heavy atom. The molecule has 19 heavy (non-hydrogen) atoms. The summed E-state index contributed by atoms with van der Waals surface area (Å²) >= 11 is 0. The number of halogens is 2. The van der Waals surface area contributed by atoms with Gasteiger partial charge in [0.1, 0.15) is 0 Å². The first-order valence-electron chi connectivity index (χ1n) is 7.00. The molecule has 2 unspecified atom stereocenters. The molecular weight excluding hydrogens is 246 g/mol. The summed E-state index contributed by atoms with van der Waals surface area (Å²) in [6.45, 7) is 3.80. The van der Waals surface area contributed by atoms with Crippen molar-refractivity contribution in [3.05, 3.63) is 30.3 Å². The highest BCUT2D eigenvalue weighted by atomic mass is 19.3. The number of nitrogens with zero attached hydrogens (tertiary/aromatic N) is 1. The van der Waals surface area contributed by atoms with Gasteiger partial charge in [0.2, 0.25) is 0 Å². The predicted molar refractivity (Wildman–Crippen MR) is 74.8 cm³/mol. The first-order chi connectivity index (χ1) is 9.19. The molecule has 4 heteroatoms. The smallest absolute Gasteiger partial charge is 0.250 e. The van der Waals surface area contributed by atoms with Crippen molar-refractivity contribution in [2.45, 2.75) is 32.2 Å². The second kappa shape index (κ2) is 6.85. The number of piperidine rings is 1. The summed E-state index contributed by atoms with van der Waals surface area (Å²) in [6.07, 6.45) is -0.185. The van der Waals surface area contributed by atoms with Crippen molar-refractivity contribution < 1.29 is 8.78 Å². The average Bonchev–Trinajstić information content (AvgIpc) is 2.45. The van der Waals surface area contributed by atoms with E-state index in [1.165, 1.54) is 5.69 Å². The minimum Gasteiger partial charge on any atom is -0.370 e. The van der Waals surface area contributed by atoms with Gasteiger partial charge in [-0.2, -0.15) is 0 Å². The lowest BCUT2D eigenvalue weighted by molar-refractivity contribution is 0.137. The van der Waals surface area contributed by atoms with E-state index in [1.807, 2.05) is 18.2 Å². The van der Waals surface area contributed by atoms with Crippen LogP contribution in [-0.2, 0) is 0 Å². The Kier molecular flexibility index (Phi) is 5.14. The highest BCUT2D eigenvalue weighted by Gasteiger charge is 2.26.